The van der Waals surface area contributed by atoms with Gasteiger partial charge in [-0.05, 0) is 51.0 Å². The van der Waals surface area contributed by atoms with Crippen LogP contribution in [0.4, 0.5) is 0 Å². The van der Waals surface area contributed by atoms with Crippen molar-refractivity contribution in [2.45, 2.75) is 47.0 Å². The summed E-state index contributed by atoms with van der Waals surface area (Å²) in [6.45, 7) is 8.51. The van der Waals surface area contributed by atoms with E-state index in [4.69, 9.17) is 0 Å². The van der Waals surface area contributed by atoms with E-state index in [1.54, 1.807) is 0 Å². The summed E-state index contributed by atoms with van der Waals surface area (Å²) in [6.07, 6.45) is 5.29. The zero-order valence-electron chi connectivity index (χ0n) is 9.84. The fraction of sp³-hybridized carbons (Fsp3) is 0.769. The normalized spacial score (nSPS) is 32.4. The lowest BCUT2D eigenvalue weighted by atomic mass is 9.75. The highest BCUT2D eigenvalue weighted by molar-refractivity contribution is 5.92. The maximum atomic E-state index is 11.8. The van der Waals surface area contributed by atoms with Crippen molar-refractivity contribution in [1.82, 2.24) is 0 Å². The minimum Gasteiger partial charge on any atom is -0.295 e. The van der Waals surface area contributed by atoms with Crippen LogP contribution in [0.15, 0.2) is 11.6 Å². The predicted octanol–water partition coefficient (Wildman–Crippen LogP) is 3.59. The summed E-state index contributed by atoms with van der Waals surface area (Å²) in [7, 11) is 0. The molecule has 0 radical (unpaired) electrons. The molecule has 1 saturated carbocycles. The van der Waals surface area contributed by atoms with Gasteiger partial charge >= 0.3 is 0 Å². The zero-order chi connectivity index (χ0) is 10.7. The van der Waals surface area contributed by atoms with Crippen molar-refractivity contribution in [3.63, 3.8) is 0 Å². The van der Waals surface area contributed by atoms with E-state index in [0.717, 1.165) is 30.3 Å². The Labute approximate surface area is 87.6 Å². The number of ketones is 1. The Balaban J connectivity index is 2.59. The van der Waals surface area contributed by atoms with Gasteiger partial charge in [0, 0.05) is 5.92 Å². The molecule has 0 spiro atoms. The third-order valence-electron chi connectivity index (χ3n) is 3.01. The summed E-state index contributed by atoms with van der Waals surface area (Å²) in [5, 5.41) is 0. The molecule has 0 amide bonds. The Morgan fingerprint density at radius 1 is 1.07 bits per heavy atom. The van der Waals surface area contributed by atoms with E-state index >= 15 is 0 Å². The van der Waals surface area contributed by atoms with Crippen LogP contribution >= 0.6 is 0 Å². The second kappa shape index (κ2) is 4.77. The van der Waals surface area contributed by atoms with Crippen LogP contribution < -0.4 is 0 Å². The summed E-state index contributed by atoms with van der Waals surface area (Å²) < 4.78 is 0. The van der Waals surface area contributed by atoms with Crippen LogP contribution in [0.5, 0.6) is 0 Å². The lowest BCUT2D eigenvalue weighted by Crippen LogP contribution is -2.25. The predicted molar refractivity (Wildman–Crippen MR) is 60.1 cm³/mol. The molecule has 0 saturated heterocycles. The maximum absolute atomic E-state index is 11.8. The Morgan fingerprint density at radius 2 is 1.57 bits per heavy atom. The lowest BCUT2D eigenvalue weighted by Gasteiger charge is -2.29. The Kier molecular flexibility index (Phi) is 3.91. The van der Waals surface area contributed by atoms with Crippen LogP contribution in [-0.4, -0.2) is 5.78 Å². The lowest BCUT2D eigenvalue weighted by molar-refractivity contribution is -0.120. The molecule has 1 aliphatic carbocycles. The highest BCUT2D eigenvalue weighted by Gasteiger charge is 2.27. The molecular formula is C13H22O. The molecule has 0 heterocycles. The minimum atomic E-state index is 0.295. The number of carbonyl (C=O) groups is 1. The number of allylic oxidation sites excluding steroid dienone is 2. The van der Waals surface area contributed by atoms with Gasteiger partial charge in [0.2, 0.25) is 0 Å². The van der Waals surface area contributed by atoms with Crippen LogP contribution in [0.2, 0.25) is 0 Å². The molecule has 1 nitrogen and oxygen atoms in total. The summed E-state index contributed by atoms with van der Waals surface area (Å²) in [5.74, 6) is 2.09. The topological polar surface area (TPSA) is 17.1 Å². The van der Waals surface area contributed by atoms with Gasteiger partial charge in [0.15, 0.2) is 5.78 Å². The van der Waals surface area contributed by atoms with Gasteiger partial charge in [0.1, 0.15) is 0 Å². The van der Waals surface area contributed by atoms with Crippen LogP contribution in [0, 0.1) is 17.8 Å². The van der Waals surface area contributed by atoms with Crippen LogP contribution in [0.1, 0.15) is 47.0 Å². The van der Waals surface area contributed by atoms with Crippen molar-refractivity contribution >= 4 is 5.78 Å². The second-order valence-electron chi connectivity index (χ2n) is 5.24. The molecule has 1 fully saturated rings. The quantitative estimate of drug-likeness (QED) is 0.614. The highest BCUT2D eigenvalue weighted by Crippen LogP contribution is 2.33. The average molecular weight is 194 g/mol. The van der Waals surface area contributed by atoms with Crippen molar-refractivity contribution in [2.75, 3.05) is 0 Å². The molecule has 80 valence electrons. The maximum Gasteiger partial charge on any atom is 0.158 e. The second-order valence-corrected chi connectivity index (χ2v) is 5.24. The van der Waals surface area contributed by atoms with Gasteiger partial charge in [0.25, 0.3) is 0 Å². The van der Waals surface area contributed by atoms with E-state index in [0.29, 0.717) is 11.7 Å². The first-order valence-corrected chi connectivity index (χ1v) is 5.67. The molecule has 0 N–H and O–H groups in total. The van der Waals surface area contributed by atoms with Crippen molar-refractivity contribution in [2.24, 2.45) is 17.8 Å². The Morgan fingerprint density at radius 3 is 2.00 bits per heavy atom. The third-order valence-corrected chi connectivity index (χ3v) is 3.01. The van der Waals surface area contributed by atoms with Gasteiger partial charge in [-0.3, -0.25) is 4.79 Å². The number of hydrogen-bond acceptors (Lipinski definition) is 1. The molecule has 0 aromatic heterocycles. The highest BCUT2D eigenvalue weighted by atomic mass is 16.1. The first-order chi connectivity index (χ1) is 6.49. The summed E-state index contributed by atoms with van der Waals surface area (Å²) in [4.78, 5) is 11.8. The van der Waals surface area contributed by atoms with E-state index in [2.05, 4.69) is 13.8 Å². The monoisotopic (exact) mass is 194 g/mol. The smallest absolute Gasteiger partial charge is 0.158 e. The fourth-order valence-corrected chi connectivity index (χ4v) is 2.58. The summed E-state index contributed by atoms with van der Waals surface area (Å²) >= 11 is 0. The zero-order valence-corrected chi connectivity index (χ0v) is 9.84. The van der Waals surface area contributed by atoms with Gasteiger partial charge in [-0.25, -0.2) is 0 Å². The third kappa shape index (κ3) is 3.28. The fourth-order valence-electron chi connectivity index (χ4n) is 2.58. The van der Waals surface area contributed by atoms with Gasteiger partial charge in [-0.1, -0.05) is 19.4 Å². The summed E-state index contributed by atoms with van der Waals surface area (Å²) in [5.41, 5.74) is 1.13. The van der Waals surface area contributed by atoms with E-state index in [1.807, 2.05) is 19.9 Å². The standard InChI is InChI=1S/C13H22O/c1-9(2)5-13(14)12-7-10(3)6-11(4)8-12/h5,10-12H,6-8H2,1-4H3. The number of carbonyl (C=O) groups excluding carboxylic acids is 1. The molecule has 2 atom stereocenters. The first-order valence-electron chi connectivity index (χ1n) is 5.67. The molecule has 2 unspecified atom stereocenters. The average Bonchev–Trinajstić information content (AvgIpc) is 2.00. The summed E-state index contributed by atoms with van der Waals surface area (Å²) in [6, 6.07) is 0. The van der Waals surface area contributed by atoms with E-state index < -0.39 is 0 Å². The van der Waals surface area contributed by atoms with Gasteiger partial charge < -0.3 is 0 Å². The van der Waals surface area contributed by atoms with Crippen LogP contribution in [0.3, 0.4) is 0 Å². The van der Waals surface area contributed by atoms with Gasteiger partial charge in [-0.2, -0.15) is 0 Å². The van der Waals surface area contributed by atoms with Gasteiger partial charge in [-0.15, -0.1) is 0 Å². The Hall–Kier alpha value is -0.590. The Bertz CT molecular complexity index is 226. The largest absolute Gasteiger partial charge is 0.295 e. The number of rotatable bonds is 2. The molecule has 1 heteroatoms. The molecule has 0 aromatic rings. The SMILES string of the molecule is CC(C)=CC(=O)C1CC(C)CC(C)C1. The van der Waals surface area contributed by atoms with Crippen molar-refractivity contribution in [1.29, 1.82) is 0 Å². The molecular weight excluding hydrogens is 172 g/mol. The first kappa shape index (κ1) is 11.5. The molecule has 0 bridgehead atoms. The molecule has 1 rings (SSSR count). The number of hydrogen-bond donors (Lipinski definition) is 0. The molecule has 0 aliphatic heterocycles. The van der Waals surface area contributed by atoms with E-state index in [1.165, 1.54) is 6.42 Å². The van der Waals surface area contributed by atoms with Crippen LogP contribution in [0.25, 0.3) is 0 Å². The van der Waals surface area contributed by atoms with Crippen molar-refractivity contribution in [3.05, 3.63) is 11.6 Å². The molecule has 1 aliphatic rings. The van der Waals surface area contributed by atoms with Crippen molar-refractivity contribution in [3.8, 4) is 0 Å². The molecule has 0 aromatic carbocycles. The molecule has 14 heavy (non-hydrogen) atoms. The van der Waals surface area contributed by atoms with Crippen LogP contribution in [-0.2, 0) is 4.79 Å². The van der Waals surface area contributed by atoms with Gasteiger partial charge in [0.05, 0.1) is 0 Å². The van der Waals surface area contributed by atoms with Crippen molar-refractivity contribution < 1.29 is 4.79 Å². The van der Waals surface area contributed by atoms with E-state index in [9.17, 15) is 4.79 Å². The van der Waals surface area contributed by atoms with E-state index in [-0.39, 0.29) is 0 Å². The minimum absolute atomic E-state index is 0.295.